The van der Waals surface area contributed by atoms with E-state index in [4.69, 9.17) is 20.6 Å². The van der Waals surface area contributed by atoms with Crippen LogP contribution in [0, 0.1) is 0 Å². The summed E-state index contributed by atoms with van der Waals surface area (Å²) in [6, 6.07) is 20.8. The van der Waals surface area contributed by atoms with Gasteiger partial charge < -0.3 is 0 Å². The van der Waals surface area contributed by atoms with E-state index in [2.05, 4.69) is 4.98 Å². The lowest BCUT2D eigenvalue weighted by Crippen LogP contribution is -2.00. The van der Waals surface area contributed by atoms with Gasteiger partial charge in [-0.15, -0.1) is 0 Å². The Morgan fingerprint density at radius 1 is 0.605 bits per heavy atom. The molecule has 204 valence electrons. The standard InChI is InChI=1S/C41H30N2/c1-2-39-42-37-22-11-12-23-38(37)43(39)32-19-13-18-31(26-32)41-34-21-10-9-20-33(34)40(29-16-7-4-8-17-29)36-27-30(24-25-35(36)41)28-14-5-3-6-15-28/h3-27H,2H2,1H3/i1D3,2D2,3D,4D,5D,6D,7D,8D,14D,15D,16D,17D. The molecule has 2 nitrogen and oxygen atoms in total. The summed E-state index contributed by atoms with van der Waals surface area (Å²) in [4.78, 5) is 4.46. The Hall–Kier alpha value is -5.47. The zero-order chi connectivity index (χ0) is 41.7. The number of hydrogen-bond donors (Lipinski definition) is 0. The summed E-state index contributed by atoms with van der Waals surface area (Å²) in [5.41, 5.74) is 2.78. The molecular weight excluding hydrogens is 520 g/mol. The molecule has 0 amide bonds. The van der Waals surface area contributed by atoms with Crippen LogP contribution in [0.4, 0.5) is 0 Å². The summed E-state index contributed by atoms with van der Waals surface area (Å²) in [5, 5.41) is 1.97. The molecule has 8 aromatic rings. The Morgan fingerprint density at radius 3 is 2.05 bits per heavy atom. The summed E-state index contributed by atoms with van der Waals surface area (Å²) >= 11 is 0. The van der Waals surface area contributed by atoms with Gasteiger partial charge >= 0.3 is 0 Å². The largest absolute Gasteiger partial charge is 0.296 e. The molecule has 0 N–H and O–H groups in total. The zero-order valence-electron chi connectivity index (χ0n) is 37.6. The minimum Gasteiger partial charge on any atom is -0.296 e. The molecular formula is C41H30N2. The van der Waals surface area contributed by atoms with Crippen molar-refractivity contribution in [2.45, 2.75) is 13.2 Å². The fraction of sp³-hybridized carbons (Fsp3) is 0.0488. The third kappa shape index (κ3) is 4.23. The number of nitrogens with zero attached hydrogens (tertiary/aromatic N) is 2. The number of para-hydroxylation sites is 2. The van der Waals surface area contributed by atoms with Gasteiger partial charge in [-0.2, -0.15) is 0 Å². The van der Waals surface area contributed by atoms with Crippen molar-refractivity contribution in [2.24, 2.45) is 0 Å². The number of aromatic nitrogens is 2. The molecule has 0 spiro atoms. The molecule has 0 radical (unpaired) electrons. The lowest BCUT2D eigenvalue weighted by atomic mass is 9.85. The van der Waals surface area contributed by atoms with Crippen LogP contribution in [-0.2, 0) is 6.37 Å². The van der Waals surface area contributed by atoms with Gasteiger partial charge in [-0.05, 0) is 85.3 Å². The highest BCUT2D eigenvalue weighted by Crippen LogP contribution is 2.45. The van der Waals surface area contributed by atoms with Gasteiger partial charge in [-0.25, -0.2) is 4.98 Å². The number of benzene rings is 7. The SMILES string of the molecule is [2H]c1c([2H])c([2H])c(-c2ccc3c(-c4cccc(-n5c(C([2H])([2H])C([2H])([2H])[2H])nc6ccccc65)c4)c4ccccc4c(-c4c([2H])c([2H])c([2H])c([2H])c4[2H])c3c2)c([2H])c1[2H]. The van der Waals surface area contributed by atoms with Crippen molar-refractivity contribution in [1.29, 1.82) is 0 Å². The monoisotopic (exact) mass is 565 g/mol. The highest BCUT2D eigenvalue weighted by Gasteiger charge is 2.18. The molecule has 0 fully saturated rings. The van der Waals surface area contributed by atoms with Crippen LogP contribution in [0.5, 0.6) is 0 Å². The van der Waals surface area contributed by atoms with E-state index in [9.17, 15) is 0 Å². The Morgan fingerprint density at radius 2 is 1.28 bits per heavy atom. The van der Waals surface area contributed by atoms with Crippen molar-refractivity contribution in [3.8, 4) is 39.1 Å². The van der Waals surface area contributed by atoms with Crippen LogP contribution in [0.3, 0.4) is 0 Å². The highest BCUT2D eigenvalue weighted by atomic mass is 15.1. The first-order valence-electron chi connectivity index (χ1n) is 21.1. The first-order chi connectivity index (χ1) is 27.4. The molecule has 0 unspecified atom stereocenters. The molecule has 0 atom stereocenters. The summed E-state index contributed by atoms with van der Waals surface area (Å²) in [6.45, 7) is -3.06. The third-order valence-corrected chi connectivity index (χ3v) is 7.63. The molecule has 1 heterocycles. The average molecular weight is 566 g/mol. The normalized spacial score (nSPS) is 17.1. The molecule has 0 aliphatic heterocycles. The van der Waals surface area contributed by atoms with Crippen LogP contribution in [0.2, 0.25) is 0 Å². The predicted molar refractivity (Wildman–Crippen MR) is 182 cm³/mol. The van der Waals surface area contributed by atoms with Gasteiger partial charge in [0.1, 0.15) is 5.82 Å². The summed E-state index contributed by atoms with van der Waals surface area (Å²) in [5.74, 6) is -0.319. The molecule has 0 aliphatic rings. The number of aryl methyl sites for hydroxylation is 1. The van der Waals surface area contributed by atoms with Gasteiger partial charge in [0.25, 0.3) is 0 Å². The maximum absolute atomic E-state index is 9.01. The summed E-state index contributed by atoms with van der Waals surface area (Å²) in [6.07, 6.45) is -2.85. The van der Waals surface area contributed by atoms with E-state index in [-0.39, 0.29) is 28.1 Å². The molecule has 0 bridgehead atoms. The second-order valence-electron chi connectivity index (χ2n) is 9.99. The van der Waals surface area contributed by atoms with E-state index in [1.807, 2.05) is 12.1 Å². The van der Waals surface area contributed by atoms with Crippen LogP contribution in [0.25, 0.3) is 71.6 Å². The van der Waals surface area contributed by atoms with Crippen LogP contribution in [-0.4, -0.2) is 9.55 Å². The van der Waals surface area contributed by atoms with Crippen molar-refractivity contribution in [3.63, 3.8) is 0 Å². The van der Waals surface area contributed by atoms with Gasteiger partial charge in [0.15, 0.2) is 0 Å². The van der Waals surface area contributed by atoms with E-state index < -0.39 is 73.6 Å². The minimum atomic E-state index is -3.06. The Bertz CT molecular complexity index is 2980. The van der Waals surface area contributed by atoms with E-state index >= 15 is 0 Å². The molecule has 1 aromatic heterocycles. The van der Waals surface area contributed by atoms with Crippen molar-refractivity contribution in [3.05, 3.63) is 157 Å². The highest BCUT2D eigenvalue weighted by molar-refractivity contribution is 6.22. The molecule has 0 saturated heterocycles. The second kappa shape index (κ2) is 10.4. The molecule has 0 aliphatic carbocycles. The van der Waals surface area contributed by atoms with E-state index in [1.165, 1.54) is 4.57 Å². The second-order valence-corrected chi connectivity index (χ2v) is 9.99. The Labute approximate surface area is 272 Å². The summed E-state index contributed by atoms with van der Waals surface area (Å²) < 4.78 is 129. The van der Waals surface area contributed by atoms with Crippen molar-refractivity contribution in [1.82, 2.24) is 9.55 Å². The molecule has 43 heavy (non-hydrogen) atoms. The minimum absolute atomic E-state index is 0.0836. The van der Waals surface area contributed by atoms with Crippen LogP contribution >= 0.6 is 0 Å². The van der Waals surface area contributed by atoms with Crippen LogP contribution in [0.1, 0.15) is 33.2 Å². The number of rotatable bonds is 5. The zero-order valence-corrected chi connectivity index (χ0v) is 22.6. The van der Waals surface area contributed by atoms with Gasteiger partial charge in [0.2, 0.25) is 0 Å². The van der Waals surface area contributed by atoms with Gasteiger partial charge in [-0.3, -0.25) is 4.57 Å². The van der Waals surface area contributed by atoms with Crippen molar-refractivity contribution < 1.29 is 20.6 Å². The van der Waals surface area contributed by atoms with Gasteiger partial charge in [0, 0.05) is 18.9 Å². The average Bonchev–Trinajstić information content (AvgIpc) is 3.61. The van der Waals surface area contributed by atoms with E-state index in [0.29, 0.717) is 49.4 Å². The fourth-order valence-electron chi connectivity index (χ4n) is 5.86. The number of hydrogen-bond acceptors (Lipinski definition) is 1. The number of fused-ring (bicyclic) bond motifs is 3. The summed E-state index contributed by atoms with van der Waals surface area (Å²) in [7, 11) is 0. The smallest absolute Gasteiger partial charge is 0.114 e. The third-order valence-electron chi connectivity index (χ3n) is 7.63. The molecule has 8 rings (SSSR count). The topological polar surface area (TPSA) is 17.8 Å². The lowest BCUT2D eigenvalue weighted by Gasteiger charge is -2.19. The van der Waals surface area contributed by atoms with Crippen LogP contribution in [0.15, 0.2) is 151 Å². The number of imidazole rings is 1. The molecule has 7 aromatic carbocycles. The fourth-order valence-corrected chi connectivity index (χ4v) is 5.86. The first kappa shape index (κ1) is 14.1. The Balaban J connectivity index is 1.51. The lowest BCUT2D eigenvalue weighted by molar-refractivity contribution is 0.908. The molecule has 2 heteroatoms. The Kier molecular flexibility index (Phi) is 3.42. The van der Waals surface area contributed by atoms with E-state index in [0.717, 1.165) is 0 Å². The maximum atomic E-state index is 9.01. The van der Waals surface area contributed by atoms with E-state index in [1.54, 1.807) is 78.9 Å². The molecule has 0 saturated carbocycles. The van der Waals surface area contributed by atoms with Crippen molar-refractivity contribution in [2.75, 3.05) is 0 Å². The van der Waals surface area contributed by atoms with Gasteiger partial charge in [-0.1, -0.05) is 128 Å². The maximum Gasteiger partial charge on any atom is 0.114 e. The van der Waals surface area contributed by atoms with Crippen molar-refractivity contribution >= 4 is 32.6 Å². The van der Waals surface area contributed by atoms with Gasteiger partial charge in [0.05, 0.1) is 24.7 Å². The first-order valence-corrected chi connectivity index (χ1v) is 13.6. The predicted octanol–water partition coefficient (Wildman–Crippen LogP) is 10.9. The van der Waals surface area contributed by atoms with Crippen LogP contribution < -0.4 is 0 Å². The quantitative estimate of drug-likeness (QED) is 0.190.